The molecule has 0 aliphatic carbocycles. The quantitative estimate of drug-likeness (QED) is 0.768. The first kappa shape index (κ1) is 17.7. The molecule has 8 nitrogen and oxygen atoms in total. The van der Waals surface area contributed by atoms with E-state index in [2.05, 4.69) is 10.0 Å². The van der Waals surface area contributed by atoms with Crippen molar-refractivity contribution >= 4 is 31.5 Å². The van der Waals surface area contributed by atoms with Crippen LogP contribution in [0.25, 0.3) is 0 Å². The zero-order chi connectivity index (χ0) is 17.3. The molecule has 10 heteroatoms. The first-order valence-corrected chi connectivity index (χ1v) is 10.1. The molecule has 1 fully saturated rings. The number of sulfone groups is 1. The van der Waals surface area contributed by atoms with Crippen molar-refractivity contribution in [2.45, 2.75) is 24.3 Å². The van der Waals surface area contributed by atoms with Gasteiger partial charge in [0.05, 0.1) is 18.6 Å². The van der Waals surface area contributed by atoms with Gasteiger partial charge in [0.25, 0.3) is 0 Å². The first-order valence-electron chi connectivity index (χ1n) is 6.81. The zero-order valence-corrected chi connectivity index (χ0v) is 14.3. The number of sulfonamides is 1. The summed E-state index contributed by atoms with van der Waals surface area (Å²) in [4.78, 5) is 10.9. The number of nitrogens with one attached hydrogen (secondary N) is 2. The van der Waals surface area contributed by atoms with E-state index in [1.54, 1.807) is 0 Å². The van der Waals surface area contributed by atoms with Gasteiger partial charge in [0, 0.05) is 18.7 Å². The van der Waals surface area contributed by atoms with Gasteiger partial charge in [-0.2, -0.15) is 0 Å². The Labute approximate surface area is 135 Å². The summed E-state index contributed by atoms with van der Waals surface area (Å²) in [6.45, 7) is 1.31. The minimum atomic E-state index is -3.99. The Hall–Kier alpha value is -1.65. The fourth-order valence-electron chi connectivity index (χ4n) is 2.34. The summed E-state index contributed by atoms with van der Waals surface area (Å²) < 4.78 is 55.4. The summed E-state index contributed by atoms with van der Waals surface area (Å²) in [6.07, 6.45) is 0.231. The molecule has 1 aliphatic heterocycles. The number of rotatable bonds is 5. The highest BCUT2D eigenvalue weighted by atomic mass is 32.2. The van der Waals surface area contributed by atoms with Crippen molar-refractivity contribution < 1.29 is 26.4 Å². The van der Waals surface area contributed by atoms with Crippen molar-refractivity contribution in [2.24, 2.45) is 0 Å². The molecule has 0 aromatic heterocycles. The molecule has 23 heavy (non-hydrogen) atoms. The van der Waals surface area contributed by atoms with Crippen molar-refractivity contribution in [1.29, 1.82) is 0 Å². The van der Waals surface area contributed by atoms with Crippen molar-refractivity contribution in [3.63, 3.8) is 0 Å². The predicted octanol–water partition coefficient (Wildman–Crippen LogP) is 0.119. The number of carbonyl (C=O) groups is 1. The second-order valence-corrected chi connectivity index (χ2v) is 9.18. The number of methoxy groups -OCH3 is 1. The van der Waals surface area contributed by atoms with Crippen molar-refractivity contribution in [2.75, 3.05) is 23.9 Å². The highest BCUT2D eigenvalue weighted by Gasteiger charge is 2.32. The molecule has 1 atom stereocenters. The fourth-order valence-corrected chi connectivity index (χ4v) is 5.58. The molecule has 1 aromatic carbocycles. The van der Waals surface area contributed by atoms with Gasteiger partial charge in [-0.3, -0.25) is 4.79 Å². The summed E-state index contributed by atoms with van der Waals surface area (Å²) in [5.41, 5.74) is 0.303. The molecule has 128 valence electrons. The lowest BCUT2D eigenvalue weighted by atomic mass is 10.3. The van der Waals surface area contributed by atoms with Gasteiger partial charge in [-0.15, -0.1) is 0 Å². The number of benzene rings is 1. The number of ether oxygens (including phenoxy) is 1. The number of amides is 1. The van der Waals surface area contributed by atoms with Gasteiger partial charge in [0.1, 0.15) is 10.6 Å². The van der Waals surface area contributed by atoms with Crippen molar-refractivity contribution in [1.82, 2.24) is 4.72 Å². The maximum Gasteiger partial charge on any atom is 0.244 e. The van der Waals surface area contributed by atoms with E-state index in [1.807, 2.05) is 0 Å². The van der Waals surface area contributed by atoms with Gasteiger partial charge in [0.2, 0.25) is 15.9 Å². The van der Waals surface area contributed by atoms with Crippen LogP contribution in [-0.2, 0) is 24.7 Å². The van der Waals surface area contributed by atoms with E-state index in [4.69, 9.17) is 4.74 Å². The lowest BCUT2D eigenvalue weighted by Gasteiger charge is -2.15. The van der Waals surface area contributed by atoms with E-state index in [-0.39, 0.29) is 34.5 Å². The normalized spacial score (nSPS) is 20.2. The average molecular weight is 362 g/mol. The van der Waals surface area contributed by atoms with Crippen LogP contribution >= 0.6 is 0 Å². The summed E-state index contributed by atoms with van der Waals surface area (Å²) in [6, 6.07) is 3.54. The first-order chi connectivity index (χ1) is 10.6. The van der Waals surface area contributed by atoms with Gasteiger partial charge in [-0.1, -0.05) is 0 Å². The third-order valence-corrected chi connectivity index (χ3v) is 6.64. The molecular formula is C13H18N2O6S2. The minimum absolute atomic E-state index is 0.0384. The second-order valence-electron chi connectivity index (χ2n) is 5.27. The van der Waals surface area contributed by atoms with E-state index in [9.17, 15) is 21.6 Å². The molecule has 1 amide bonds. The second kappa shape index (κ2) is 6.46. The number of hydrogen-bond acceptors (Lipinski definition) is 6. The number of hydrogen-bond donors (Lipinski definition) is 2. The molecule has 0 unspecified atom stereocenters. The van der Waals surface area contributed by atoms with Crippen LogP contribution in [0.15, 0.2) is 23.1 Å². The topological polar surface area (TPSA) is 119 Å². The van der Waals surface area contributed by atoms with Gasteiger partial charge in [0.15, 0.2) is 9.84 Å². The third-order valence-electron chi connectivity index (χ3n) is 3.33. The van der Waals surface area contributed by atoms with E-state index < -0.39 is 25.9 Å². The molecule has 1 saturated heterocycles. The Kier molecular flexibility index (Phi) is 4.97. The van der Waals surface area contributed by atoms with Crippen molar-refractivity contribution in [3.05, 3.63) is 18.2 Å². The standard InChI is InChI=1S/C13H18N2O6S2/c1-9(16)14-10-3-4-12(21-2)13(7-10)23(19,20)15-11-5-6-22(17,18)8-11/h3-4,7,11,15H,5-6,8H2,1-2H3,(H,14,16)/t11-/m0/s1. The SMILES string of the molecule is COc1ccc(NC(C)=O)cc1S(=O)(=O)N[C@H]1CCS(=O)(=O)C1. The van der Waals surface area contributed by atoms with Gasteiger partial charge in [-0.05, 0) is 24.6 Å². The highest BCUT2D eigenvalue weighted by molar-refractivity contribution is 7.92. The average Bonchev–Trinajstić information content (AvgIpc) is 2.76. The lowest BCUT2D eigenvalue weighted by molar-refractivity contribution is -0.114. The molecular weight excluding hydrogens is 344 g/mol. The summed E-state index contributed by atoms with van der Waals surface area (Å²) in [5.74, 6) is -0.496. The van der Waals surface area contributed by atoms with Gasteiger partial charge in [-0.25, -0.2) is 21.6 Å². The largest absolute Gasteiger partial charge is 0.495 e. The third kappa shape index (κ3) is 4.43. The Bertz CT molecular complexity index is 817. The Morgan fingerprint density at radius 1 is 1.35 bits per heavy atom. The molecule has 2 N–H and O–H groups in total. The number of carbonyl (C=O) groups excluding carboxylic acids is 1. The van der Waals surface area contributed by atoms with E-state index in [0.29, 0.717) is 5.69 Å². The van der Waals surface area contributed by atoms with Gasteiger partial charge >= 0.3 is 0 Å². The predicted molar refractivity (Wildman–Crippen MR) is 84.7 cm³/mol. The molecule has 0 spiro atoms. The van der Waals surface area contributed by atoms with Gasteiger partial charge < -0.3 is 10.1 Å². The maximum atomic E-state index is 12.5. The number of anilines is 1. The van der Waals surface area contributed by atoms with E-state index in [0.717, 1.165) is 0 Å². The highest BCUT2D eigenvalue weighted by Crippen LogP contribution is 2.28. The Balaban J connectivity index is 2.32. The molecule has 0 bridgehead atoms. The van der Waals surface area contributed by atoms with E-state index in [1.165, 1.54) is 32.2 Å². The zero-order valence-electron chi connectivity index (χ0n) is 12.7. The molecule has 0 radical (unpaired) electrons. The monoisotopic (exact) mass is 362 g/mol. The van der Waals surface area contributed by atoms with Crippen LogP contribution in [0.1, 0.15) is 13.3 Å². The molecule has 1 aliphatic rings. The van der Waals surface area contributed by atoms with Crippen LogP contribution in [0, 0.1) is 0 Å². The van der Waals surface area contributed by atoms with Crippen LogP contribution in [-0.4, -0.2) is 47.4 Å². The summed E-state index contributed by atoms with van der Waals surface area (Å²) in [7, 11) is -5.86. The molecule has 1 aromatic rings. The summed E-state index contributed by atoms with van der Waals surface area (Å²) >= 11 is 0. The van der Waals surface area contributed by atoms with E-state index >= 15 is 0 Å². The fraction of sp³-hybridized carbons (Fsp3) is 0.462. The van der Waals surface area contributed by atoms with Crippen LogP contribution in [0.2, 0.25) is 0 Å². The van der Waals surface area contributed by atoms with Crippen LogP contribution in [0.3, 0.4) is 0 Å². The lowest BCUT2D eigenvalue weighted by Crippen LogP contribution is -2.35. The Morgan fingerprint density at radius 3 is 2.57 bits per heavy atom. The molecule has 2 rings (SSSR count). The minimum Gasteiger partial charge on any atom is -0.495 e. The van der Waals surface area contributed by atoms with Crippen LogP contribution in [0.5, 0.6) is 5.75 Å². The van der Waals surface area contributed by atoms with Crippen LogP contribution < -0.4 is 14.8 Å². The van der Waals surface area contributed by atoms with Crippen LogP contribution in [0.4, 0.5) is 5.69 Å². The Morgan fingerprint density at radius 2 is 2.04 bits per heavy atom. The molecule has 1 heterocycles. The summed E-state index contributed by atoms with van der Waals surface area (Å²) in [5, 5.41) is 2.49. The smallest absolute Gasteiger partial charge is 0.244 e. The maximum absolute atomic E-state index is 12.5. The van der Waals surface area contributed by atoms with Crippen molar-refractivity contribution in [3.8, 4) is 5.75 Å². The molecule has 0 saturated carbocycles.